The normalized spacial score (nSPS) is 11.9. The molecule has 3 aromatic carbocycles. The van der Waals surface area contributed by atoms with Gasteiger partial charge in [-0.15, -0.1) is 0 Å². The zero-order valence-electron chi connectivity index (χ0n) is 19.4. The maximum absolute atomic E-state index is 5.08. The smallest absolute Gasteiger partial charge is 0.0972 e. The first-order valence-electron chi connectivity index (χ1n) is 11.7. The molecule has 0 saturated heterocycles. The van der Waals surface area contributed by atoms with E-state index < -0.39 is 0 Å². The van der Waals surface area contributed by atoms with Crippen molar-refractivity contribution in [3.63, 3.8) is 0 Å². The Morgan fingerprint density at radius 2 is 1.26 bits per heavy atom. The van der Waals surface area contributed by atoms with Crippen LogP contribution in [0.1, 0.15) is 12.6 Å². The Morgan fingerprint density at radius 1 is 0.629 bits per heavy atom. The van der Waals surface area contributed by atoms with Gasteiger partial charge < -0.3 is 0 Å². The van der Waals surface area contributed by atoms with Crippen LogP contribution in [-0.2, 0) is 0 Å². The summed E-state index contributed by atoms with van der Waals surface area (Å²) in [6.07, 6.45) is 3.86. The molecule has 0 atom stereocenters. The highest BCUT2D eigenvalue weighted by Crippen LogP contribution is 2.30. The molecular formula is C32H23N3. The summed E-state index contributed by atoms with van der Waals surface area (Å²) in [6.45, 7) is 5.89. The minimum absolute atomic E-state index is 0.912. The standard InChI is InChI=1S/C32H23N3/c1-3-21(4-2)27-18-14-25-20-26(15-19-29(25)33-27)30-17-13-24-11-10-23-12-16-28(22-8-6-5-7-9-22)34-31(23)32(24)35-30/h3-20H,1H2,2H3/b21-4+. The van der Waals surface area contributed by atoms with Crippen molar-refractivity contribution in [2.24, 2.45) is 0 Å². The summed E-state index contributed by atoms with van der Waals surface area (Å²) in [6, 6.07) is 33.3. The van der Waals surface area contributed by atoms with Gasteiger partial charge in [-0.1, -0.05) is 85.5 Å². The van der Waals surface area contributed by atoms with Crippen molar-refractivity contribution in [1.29, 1.82) is 0 Å². The Labute approximate surface area is 204 Å². The molecule has 166 valence electrons. The van der Waals surface area contributed by atoms with Crippen LogP contribution >= 0.6 is 0 Å². The minimum atomic E-state index is 0.912. The van der Waals surface area contributed by atoms with Gasteiger partial charge in [0.25, 0.3) is 0 Å². The first kappa shape index (κ1) is 20.9. The van der Waals surface area contributed by atoms with Gasteiger partial charge in [0.15, 0.2) is 0 Å². The van der Waals surface area contributed by atoms with E-state index in [0.717, 1.165) is 66.5 Å². The quantitative estimate of drug-likeness (QED) is 0.201. The fourth-order valence-electron chi connectivity index (χ4n) is 4.51. The molecule has 0 aliphatic carbocycles. The van der Waals surface area contributed by atoms with E-state index in [1.165, 1.54) is 0 Å². The molecule has 3 nitrogen and oxygen atoms in total. The van der Waals surface area contributed by atoms with Crippen LogP contribution in [0, 0.1) is 0 Å². The first-order valence-corrected chi connectivity index (χ1v) is 11.7. The Balaban J connectivity index is 1.48. The summed E-state index contributed by atoms with van der Waals surface area (Å²) in [5, 5.41) is 3.24. The number of allylic oxidation sites excluding steroid dienone is 3. The van der Waals surface area contributed by atoms with E-state index in [0.29, 0.717) is 0 Å². The Morgan fingerprint density at radius 3 is 1.91 bits per heavy atom. The van der Waals surface area contributed by atoms with Gasteiger partial charge in [0.1, 0.15) is 0 Å². The van der Waals surface area contributed by atoms with Crippen molar-refractivity contribution >= 4 is 38.3 Å². The summed E-state index contributed by atoms with van der Waals surface area (Å²) >= 11 is 0. The summed E-state index contributed by atoms with van der Waals surface area (Å²) in [7, 11) is 0. The van der Waals surface area contributed by atoms with Crippen LogP contribution in [0.5, 0.6) is 0 Å². The van der Waals surface area contributed by atoms with Crippen molar-refractivity contribution in [2.45, 2.75) is 6.92 Å². The molecule has 6 rings (SSSR count). The molecule has 0 radical (unpaired) electrons. The molecule has 3 heteroatoms. The number of hydrogen-bond donors (Lipinski definition) is 0. The molecule has 0 aliphatic rings. The van der Waals surface area contributed by atoms with Crippen LogP contribution in [0.2, 0.25) is 0 Å². The van der Waals surface area contributed by atoms with E-state index in [1.54, 1.807) is 0 Å². The highest BCUT2D eigenvalue weighted by Gasteiger charge is 2.10. The van der Waals surface area contributed by atoms with Gasteiger partial charge in [-0.3, -0.25) is 0 Å². The number of nitrogens with zero attached hydrogens (tertiary/aromatic N) is 3. The predicted octanol–water partition coefficient (Wildman–Crippen LogP) is 8.25. The maximum Gasteiger partial charge on any atom is 0.0972 e. The third-order valence-corrected chi connectivity index (χ3v) is 6.40. The molecule has 3 aromatic heterocycles. The molecule has 3 heterocycles. The lowest BCUT2D eigenvalue weighted by Gasteiger charge is -2.09. The van der Waals surface area contributed by atoms with E-state index in [1.807, 2.05) is 43.3 Å². The second kappa shape index (κ2) is 8.62. The van der Waals surface area contributed by atoms with E-state index >= 15 is 0 Å². The van der Waals surface area contributed by atoms with E-state index in [2.05, 4.69) is 79.4 Å². The van der Waals surface area contributed by atoms with Crippen LogP contribution in [-0.4, -0.2) is 15.0 Å². The number of fused-ring (bicyclic) bond motifs is 4. The zero-order valence-corrected chi connectivity index (χ0v) is 19.4. The van der Waals surface area contributed by atoms with Crippen LogP contribution in [0.3, 0.4) is 0 Å². The molecule has 0 amide bonds. The Hall–Kier alpha value is -4.63. The zero-order chi connectivity index (χ0) is 23.8. The summed E-state index contributed by atoms with van der Waals surface area (Å²) in [4.78, 5) is 14.9. The van der Waals surface area contributed by atoms with Gasteiger partial charge in [0.2, 0.25) is 0 Å². The fraction of sp³-hybridized carbons (Fsp3) is 0.0312. The molecule has 0 fully saturated rings. The molecule has 0 saturated carbocycles. The second-order valence-corrected chi connectivity index (χ2v) is 8.52. The Bertz CT molecular complexity index is 1770. The average molecular weight is 450 g/mol. The van der Waals surface area contributed by atoms with Gasteiger partial charge in [-0.25, -0.2) is 15.0 Å². The van der Waals surface area contributed by atoms with Crippen LogP contribution in [0.4, 0.5) is 0 Å². The van der Waals surface area contributed by atoms with Crippen molar-refractivity contribution in [2.75, 3.05) is 0 Å². The lowest BCUT2D eigenvalue weighted by atomic mass is 10.0. The molecule has 0 N–H and O–H groups in total. The number of pyridine rings is 3. The highest BCUT2D eigenvalue weighted by atomic mass is 14.8. The molecule has 6 aromatic rings. The van der Waals surface area contributed by atoms with Crippen molar-refractivity contribution < 1.29 is 0 Å². The monoisotopic (exact) mass is 449 g/mol. The molecule has 0 spiro atoms. The van der Waals surface area contributed by atoms with Gasteiger partial charge in [-0.05, 0) is 42.8 Å². The van der Waals surface area contributed by atoms with Gasteiger partial charge in [0, 0.05) is 27.3 Å². The van der Waals surface area contributed by atoms with Crippen molar-refractivity contribution in [3.05, 3.63) is 121 Å². The van der Waals surface area contributed by atoms with E-state index in [-0.39, 0.29) is 0 Å². The van der Waals surface area contributed by atoms with E-state index in [4.69, 9.17) is 15.0 Å². The second-order valence-electron chi connectivity index (χ2n) is 8.52. The molecule has 0 bridgehead atoms. The average Bonchev–Trinajstić information content (AvgIpc) is 2.93. The lowest BCUT2D eigenvalue weighted by Crippen LogP contribution is -1.92. The van der Waals surface area contributed by atoms with Gasteiger partial charge >= 0.3 is 0 Å². The SMILES string of the molecule is C=C/C(=C\C)c1ccc2cc(-c3ccc4ccc5ccc(-c6ccccc6)nc5c4n3)ccc2n1. The van der Waals surface area contributed by atoms with E-state index in [9.17, 15) is 0 Å². The molecule has 0 aliphatic heterocycles. The number of benzene rings is 3. The van der Waals surface area contributed by atoms with Gasteiger partial charge in [-0.2, -0.15) is 0 Å². The number of aromatic nitrogens is 3. The van der Waals surface area contributed by atoms with Crippen molar-refractivity contribution in [3.8, 4) is 22.5 Å². The third kappa shape index (κ3) is 3.77. The molecule has 0 unspecified atom stereocenters. The van der Waals surface area contributed by atoms with Crippen LogP contribution in [0.15, 0.2) is 116 Å². The summed E-state index contributed by atoms with van der Waals surface area (Å²) < 4.78 is 0. The van der Waals surface area contributed by atoms with Crippen molar-refractivity contribution in [1.82, 2.24) is 15.0 Å². The minimum Gasteiger partial charge on any atom is -0.248 e. The first-order chi connectivity index (χ1) is 17.2. The third-order valence-electron chi connectivity index (χ3n) is 6.40. The number of hydrogen-bond acceptors (Lipinski definition) is 3. The lowest BCUT2D eigenvalue weighted by molar-refractivity contribution is 1.34. The van der Waals surface area contributed by atoms with Crippen LogP contribution < -0.4 is 0 Å². The maximum atomic E-state index is 5.08. The molecule has 35 heavy (non-hydrogen) atoms. The number of rotatable bonds is 4. The summed E-state index contributed by atoms with van der Waals surface area (Å²) in [5.74, 6) is 0. The largest absolute Gasteiger partial charge is 0.248 e. The Kier molecular flexibility index (Phi) is 5.16. The van der Waals surface area contributed by atoms with Gasteiger partial charge in [0.05, 0.1) is 33.6 Å². The predicted molar refractivity (Wildman–Crippen MR) is 147 cm³/mol. The highest BCUT2D eigenvalue weighted by molar-refractivity contribution is 6.04. The molecular weight excluding hydrogens is 426 g/mol. The summed E-state index contributed by atoms with van der Waals surface area (Å²) in [5.41, 5.74) is 8.76. The fourth-order valence-corrected chi connectivity index (χ4v) is 4.51. The van der Waals surface area contributed by atoms with Crippen LogP contribution in [0.25, 0.3) is 60.8 Å². The topological polar surface area (TPSA) is 38.7 Å².